The van der Waals surface area contributed by atoms with Gasteiger partial charge >= 0.3 is 5.69 Å². The molecule has 0 aliphatic carbocycles. The molecular formula is C28H34ClN9O3. The zero-order valence-electron chi connectivity index (χ0n) is 23.5. The summed E-state index contributed by atoms with van der Waals surface area (Å²) < 4.78 is 9.85. The molecule has 0 unspecified atom stereocenters. The highest BCUT2D eigenvalue weighted by Gasteiger charge is 2.26. The van der Waals surface area contributed by atoms with Gasteiger partial charge in [-0.3, -0.25) is 28.8 Å². The van der Waals surface area contributed by atoms with Crippen LogP contribution in [0.4, 0.5) is 5.82 Å². The van der Waals surface area contributed by atoms with E-state index in [0.29, 0.717) is 37.2 Å². The highest BCUT2D eigenvalue weighted by Crippen LogP contribution is 2.23. The fraction of sp³-hybridized carbons (Fsp3) is 0.429. The number of aromatic nitrogens is 6. The minimum Gasteiger partial charge on any atom is -0.384 e. The van der Waals surface area contributed by atoms with E-state index in [-0.39, 0.29) is 36.1 Å². The van der Waals surface area contributed by atoms with Gasteiger partial charge < -0.3 is 15.0 Å². The lowest BCUT2D eigenvalue weighted by atomic mass is 10.1. The molecule has 5 rings (SSSR count). The quantitative estimate of drug-likeness (QED) is 0.297. The van der Waals surface area contributed by atoms with Gasteiger partial charge in [-0.1, -0.05) is 25.4 Å². The Morgan fingerprint density at radius 1 is 1.15 bits per heavy atom. The number of hydrogen-bond donors (Lipinski definition) is 1. The number of benzene rings is 1. The second kappa shape index (κ2) is 12.3. The van der Waals surface area contributed by atoms with Crippen molar-refractivity contribution in [2.24, 2.45) is 18.0 Å². The van der Waals surface area contributed by atoms with Crippen LogP contribution in [0.15, 0.2) is 51.4 Å². The normalized spacial score (nSPS) is 14.8. The van der Waals surface area contributed by atoms with Crippen molar-refractivity contribution in [3.8, 4) is 0 Å². The molecule has 1 aliphatic rings. The lowest BCUT2D eigenvalue weighted by molar-refractivity contribution is 0.0361. The van der Waals surface area contributed by atoms with Crippen LogP contribution in [0.1, 0.15) is 30.8 Å². The summed E-state index contributed by atoms with van der Waals surface area (Å²) in [4.78, 5) is 39.2. The maximum Gasteiger partial charge on any atom is 0.332 e. The Labute approximate surface area is 242 Å². The largest absolute Gasteiger partial charge is 0.384 e. The number of anilines is 1. The fourth-order valence-corrected chi connectivity index (χ4v) is 5.15. The van der Waals surface area contributed by atoms with Crippen LogP contribution in [0.25, 0.3) is 10.9 Å². The Morgan fingerprint density at radius 2 is 1.93 bits per heavy atom. The van der Waals surface area contributed by atoms with Gasteiger partial charge in [-0.05, 0) is 35.7 Å². The number of morpholine rings is 1. The van der Waals surface area contributed by atoms with Gasteiger partial charge in [-0.15, -0.1) is 10.2 Å². The van der Waals surface area contributed by atoms with Crippen LogP contribution in [0.5, 0.6) is 0 Å². The van der Waals surface area contributed by atoms with E-state index in [4.69, 9.17) is 27.1 Å². The Hall–Kier alpha value is -3.87. The second-order valence-corrected chi connectivity index (χ2v) is 11.0. The number of nitrogen functional groups attached to an aromatic ring is 1. The zero-order valence-corrected chi connectivity index (χ0v) is 24.2. The van der Waals surface area contributed by atoms with Crippen LogP contribution >= 0.6 is 11.6 Å². The molecule has 0 bridgehead atoms. The van der Waals surface area contributed by atoms with Crippen molar-refractivity contribution in [2.45, 2.75) is 33.5 Å². The van der Waals surface area contributed by atoms with Crippen LogP contribution < -0.4 is 17.0 Å². The predicted octanol–water partition coefficient (Wildman–Crippen LogP) is 1.95. The Kier molecular flexibility index (Phi) is 8.62. The topological polar surface area (TPSA) is 138 Å². The summed E-state index contributed by atoms with van der Waals surface area (Å²) in [7, 11) is 1.77. The Bertz CT molecular complexity index is 1700. The number of aryl methyl sites for hydroxylation is 1. The number of rotatable bonds is 9. The first kappa shape index (κ1) is 28.7. The van der Waals surface area contributed by atoms with E-state index in [1.54, 1.807) is 23.9 Å². The Morgan fingerprint density at radius 3 is 2.63 bits per heavy atom. The molecule has 216 valence electrons. The third-order valence-electron chi connectivity index (χ3n) is 7.12. The lowest BCUT2D eigenvalue weighted by Crippen LogP contribution is -2.47. The smallest absolute Gasteiger partial charge is 0.332 e. The third kappa shape index (κ3) is 6.09. The van der Waals surface area contributed by atoms with E-state index in [9.17, 15) is 9.59 Å². The zero-order chi connectivity index (χ0) is 29.1. The summed E-state index contributed by atoms with van der Waals surface area (Å²) in [6.07, 6.45) is 3.24. The van der Waals surface area contributed by atoms with Gasteiger partial charge in [0.2, 0.25) is 0 Å². The van der Waals surface area contributed by atoms with E-state index in [2.05, 4.69) is 20.1 Å². The lowest BCUT2D eigenvalue weighted by Gasteiger charge is -2.27. The van der Waals surface area contributed by atoms with Crippen molar-refractivity contribution < 1.29 is 4.74 Å². The van der Waals surface area contributed by atoms with Crippen molar-refractivity contribution in [3.05, 3.63) is 79.6 Å². The minimum absolute atomic E-state index is 0.0562. The summed E-state index contributed by atoms with van der Waals surface area (Å²) in [5, 5.41) is 9.71. The molecule has 1 fully saturated rings. The van der Waals surface area contributed by atoms with Gasteiger partial charge in [0.1, 0.15) is 23.4 Å². The van der Waals surface area contributed by atoms with Crippen LogP contribution in [0.2, 0.25) is 5.02 Å². The van der Waals surface area contributed by atoms with Gasteiger partial charge in [-0.2, -0.15) is 0 Å². The molecule has 0 radical (unpaired) electrons. The first-order valence-corrected chi connectivity index (χ1v) is 14.0. The first-order chi connectivity index (χ1) is 19.7. The molecule has 0 spiro atoms. The summed E-state index contributed by atoms with van der Waals surface area (Å²) in [5.74, 6) is 0.525. The van der Waals surface area contributed by atoms with E-state index in [1.807, 2.05) is 32.0 Å². The summed E-state index contributed by atoms with van der Waals surface area (Å²) in [5.41, 5.74) is 7.71. The summed E-state index contributed by atoms with van der Waals surface area (Å²) >= 11 is 6.28. The highest BCUT2D eigenvalue weighted by atomic mass is 35.5. The molecule has 0 amide bonds. The first-order valence-electron chi connectivity index (χ1n) is 13.6. The van der Waals surface area contributed by atoms with Crippen LogP contribution in [-0.4, -0.2) is 72.3 Å². The van der Waals surface area contributed by atoms with E-state index < -0.39 is 11.2 Å². The van der Waals surface area contributed by atoms with E-state index in [1.165, 1.54) is 15.5 Å². The number of fused-ring (bicyclic) bond motifs is 1. The molecular weight excluding hydrogens is 546 g/mol. The molecule has 0 saturated carbocycles. The van der Waals surface area contributed by atoms with Gasteiger partial charge in [-0.25, -0.2) is 4.79 Å². The second-order valence-electron chi connectivity index (χ2n) is 10.5. The molecule has 1 aliphatic heterocycles. The van der Waals surface area contributed by atoms with Crippen LogP contribution in [-0.2, 0) is 31.4 Å². The van der Waals surface area contributed by atoms with Crippen LogP contribution in [0, 0.1) is 5.92 Å². The predicted molar refractivity (Wildman–Crippen MR) is 159 cm³/mol. The highest BCUT2D eigenvalue weighted by molar-refractivity contribution is 6.31. The number of nitrogens with zero attached hydrogens (tertiary/aromatic N) is 8. The third-order valence-corrected chi connectivity index (χ3v) is 7.36. The monoisotopic (exact) mass is 579 g/mol. The molecule has 4 aromatic rings. The van der Waals surface area contributed by atoms with Crippen molar-refractivity contribution in [1.82, 2.24) is 33.8 Å². The summed E-state index contributed by atoms with van der Waals surface area (Å²) in [6, 6.07) is 7.33. The molecule has 1 aromatic carbocycles. The molecule has 4 heterocycles. The molecule has 3 aromatic heterocycles. The van der Waals surface area contributed by atoms with Gasteiger partial charge in [0.05, 0.1) is 25.3 Å². The van der Waals surface area contributed by atoms with Gasteiger partial charge in [0.25, 0.3) is 5.56 Å². The number of hydrogen-bond acceptors (Lipinski definition) is 9. The number of pyridine rings is 1. The SMILES string of the molecule is CC(C)Cn1c(N)c(C(=NCc2ccnc3ccc(Cl)cc23)c2nncn2C)c(=O)n(CCN2CCOCC2)c1=O. The molecule has 0 atom stereocenters. The standard InChI is InChI=1S/C28H34ClN9O3/c1-18(2)16-38-25(30)23(27(39)37(28(38)40)9-8-36-10-12-41-13-11-36)24(26-34-33-17-35(26)3)32-15-19-6-7-31-22-5-4-20(29)14-21(19)22/h4-7,14,17-18H,8-13,15-16,30H2,1-3H3. The van der Waals surface area contributed by atoms with E-state index in [0.717, 1.165) is 29.6 Å². The average Bonchev–Trinajstić information content (AvgIpc) is 3.38. The molecule has 41 heavy (non-hydrogen) atoms. The summed E-state index contributed by atoms with van der Waals surface area (Å²) in [6.45, 7) is 7.99. The molecule has 13 heteroatoms. The molecule has 12 nitrogen and oxygen atoms in total. The Balaban J connectivity index is 1.66. The maximum absolute atomic E-state index is 14.1. The average molecular weight is 580 g/mol. The van der Waals surface area contributed by atoms with Crippen molar-refractivity contribution in [2.75, 3.05) is 38.6 Å². The van der Waals surface area contributed by atoms with E-state index >= 15 is 0 Å². The number of aliphatic imine (C=N–C) groups is 1. The van der Waals surface area contributed by atoms with Crippen LogP contribution in [0.3, 0.4) is 0 Å². The fourth-order valence-electron chi connectivity index (χ4n) is 4.98. The number of halogens is 1. The van der Waals surface area contributed by atoms with Crippen molar-refractivity contribution >= 4 is 34.0 Å². The number of ether oxygens (including phenoxy) is 1. The van der Waals surface area contributed by atoms with Gasteiger partial charge in [0.15, 0.2) is 5.82 Å². The van der Waals surface area contributed by atoms with Crippen molar-refractivity contribution in [3.63, 3.8) is 0 Å². The number of nitrogens with two attached hydrogens (primary N) is 1. The van der Waals surface area contributed by atoms with Crippen molar-refractivity contribution in [1.29, 1.82) is 0 Å². The van der Waals surface area contributed by atoms with Gasteiger partial charge in [0, 0.05) is 56.4 Å². The minimum atomic E-state index is -0.509. The molecule has 1 saturated heterocycles. The maximum atomic E-state index is 14.1. The molecule has 2 N–H and O–H groups in total.